The lowest BCUT2D eigenvalue weighted by Gasteiger charge is -2.21. The molecule has 0 radical (unpaired) electrons. The predicted octanol–water partition coefficient (Wildman–Crippen LogP) is 1.46. The fourth-order valence-corrected chi connectivity index (χ4v) is 2.34. The third kappa shape index (κ3) is 4.29. The van der Waals surface area contributed by atoms with Crippen molar-refractivity contribution in [3.63, 3.8) is 0 Å². The van der Waals surface area contributed by atoms with Gasteiger partial charge in [0.1, 0.15) is 4.88 Å². The van der Waals surface area contributed by atoms with Crippen LogP contribution in [0.25, 0.3) is 0 Å². The van der Waals surface area contributed by atoms with Crippen molar-refractivity contribution in [2.75, 3.05) is 46.3 Å². The Morgan fingerprint density at radius 2 is 2.06 bits per heavy atom. The van der Waals surface area contributed by atoms with Gasteiger partial charge in [0.25, 0.3) is 5.91 Å². The van der Waals surface area contributed by atoms with Gasteiger partial charge in [0.05, 0.1) is 12.3 Å². The summed E-state index contributed by atoms with van der Waals surface area (Å²) < 4.78 is 10.0. The Bertz CT molecular complexity index is 368. The summed E-state index contributed by atoms with van der Waals surface area (Å²) in [5.41, 5.74) is 6.31. The number of nitrogens with two attached hydrogens (primary N) is 1. The molecule has 0 fully saturated rings. The van der Waals surface area contributed by atoms with Crippen molar-refractivity contribution in [2.45, 2.75) is 6.42 Å². The Balaban J connectivity index is 2.63. The molecular formula is C12H20N2O3S. The molecule has 0 spiro atoms. The number of hydrogen-bond donors (Lipinski definition) is 1. The second-order valence-corrected chi connectivity index (χ2v) is 4.75. The van der Waals surface area contributed by atoms with Crippen LogP contribution in [0.5, 0.6) is 0 Å². The Morgan fingerprint density at radius 3 is 2.61 bits per heavy atom. The van der Waals surface area contributed by atoms with Crippen molar-refractivity contribution in [1.82, 2.24) is 4.90 Å². The van der Waals surface area contributed by atoms with Gasteiger partial charge in [-0.2, -0.15) is 0 Å². The maximum atomic E-state index is 12.3. The first kappa shape index (κ1) is 14.9. The molecule has 18 heavy (non-hydrogen) atoms. The summed E-state index contributed by atoms with van der Waals surface area (Å²) >= 11 is 1.37. The van der Waals surface area contributed by atoms with Crippen molar-refractivity contribution < 1.29 is 14.3 Å². The minimum absolute atomic E-state index is 0.0318. The van der Waals surface area contributed by atoms with Crippen LogP contribution in [-0.4, -0.2) is 51.3 Å². The number of carbonyl (C=O) groups is 1. The monoisotopic (exact) mass is 272 g/mol. The van der Waals surface area contributed by atoms with E-state index in [4.69, 9.17) is 15.2 Å². The first-order valence-electron chi connectivity index (χ1n) is 5.80. The van der Waals surface area contributed by atoms with Gasteiger partial charge in [-0.25, -0.2) is 0 Å². The van der Waals surface area contributed by atoms with Crippen molar-refractivity contribution in [1.29, 1.82) is 0 Å². The van der Waals surface area contributed by atoms with E-state index < -0.39 is 0 Å². The largest absolute Gasteiger partial charge is 0.397 e. The minimum Gasteiger partial charge on any atom is -0.397 e. The van der Waals surface area contributed by atoms with E-state index in [-0.39, 0.29) is 5.91 Å². The van der Waals surface area contributed by atoms with E-state index in [1.807, 2.05) is 5.38 Å². The number of hydrogen-bond acceptors (Lipinski definition) is 5. The van der Waals surface area contributed by atoms with Crippen LogP contribution in [0, 0.1) is 0 Å². The predicted molar refractivity (Wildman–Crippen MR) is 73.0 cm³/mol. The lowest BCUT2D eigenvalue weighted by atomic mass is 10.3. The molecule has 0 unspecified atom stereocenters. The number of ether oxygens (including phenoxy) is 2. The van der Waals surface area contributed by atoms with Crippen LogP contribution in [0.2, 0.25) is 0 Å². The molecule has 0 bridgehead atoms. The molecule has 0 aromatic carbocycles. The molecule has 0 saturated carbocycles. The first-order chi connectivity index (χ1) is 8.70. The quantitative estimate of drug-likeness (QED) is 0.728. The van der Waals surface area contributed by atoms with Gasteiger partial charge in [0.15, 0.2) is 0 Å². The Hall–Kier alpha value is -1.11. The van der Waals surface area contributed by atoms with Crippen LogP contribution in [0.3, 0.4) is 0 Å². The van der Waals surface area contributed by atoms with Crippen LogP contribution >= 0.6 is 11.3 Å². The van der Waals surface area contributed by atoms with Crippen LogP contribution in [0.4, 0.5) is 5.69 Å². The molecule has 0 atom stereocenters. The van der Waals surface area contributed by atoms with Crippen molar-refractivity contribution in [3.8, 4) is 0 Å². The molecule has 1 aromatic rings. The van der Waals surface area contributed by atoms with Crippen molar-refractivity contribution >= 4 is 22.9 Å². The van der Waals surface area contributed by atoms with Crippen LogP contribution in [-0.2, 0) is 9.47 Å². The summed E-state index contributed by atoms with van der Waals surface area (Å²) in [6.45, 7) is 2.37. The maximum absolute atomic E-state index is 12.3. The second-order valence-electron chi connectivity index (χ2n) is 3.84. The van der Waals surface area contributed by atoms with Gasteiger partial charge >= 0.3 is 0 Å². The Labute approximate surface area is 111 Å². The zero-order valence-corrected chi connectivity index (χ0v) is 11.7. The Morgan fingerprint density at radius 1 is 1.33 bits per heavy atom. The standard InChI is InChI=1S/C12H20N2O3S/c1-16-7-3-5-14(6-8-17-2)12(15)11-10(13)4-9-18-11/h4,9H,3,5-8,13H2,1-2H3. The van der Waals surface area contributed by atoms with E-state index in [1.165, 1.54) is 11.3 Å². The lowest BCUT2D eigenvalue weighted by molar-refractivity contribution is 0.0680. The number of methoxy groups -OCH3 is 2. The zero-order chi connectivity index (χ0) is 13.4. The molecule has 6 heteroatoms. The van der Waals surface area contributed by atoms with Gasteiger partial charge in [0, 0.05) is 33.9 Å². The van der Waals surface area contributed by atoms with Crippen LogP contribution < -0.4 is 5.73 Å². The number of nitrogen functional groups attached to an aromatic ring is 1. The molecule has 1 amide bonds. The molecule has 0 aliphatic rings. The molecule has 5 nitrogen and oxygen atoms in total. The second kappa shape index (κ2) is 8.07. The van der Waals surface area contributed by atoms with Gasteiger partial charge in [-0.1, -0.05) is 0 Å². The van der Waals surface area contributed by atoms with E-state index in [0.717, 1.165) is 6.42 Å². The third-order valence-electron chi connectivity index (χ3n) is 2.52. The van der Waals surface area contributed by atoms with Crippen LogP contribution in [0.1, 0.15) is 16.1 Å². The zero-order valence-electron chi connectivity index (χ0n) is 10.8. The smallest absolute Gasteiger partial charge is 0.266 e. The highest BCUT2D eigenvalue weighted by atomic mass is 32.1. The van der Waals surface area contributed by atoms with Gasteiger partial charge in [-0.3, -0.25) is 4.79 Å². The number of rotatable bonds is 8. The van der Waals surface area contributed by atoms with E-state index in [9.17, 15) is 4.79 Å². The normalized spacial score (nSPS) is 10.6. The average Bonchev–Trinajstić information content (AvgIpc) is 2.79. The molecule has 0 aliphatic heterocycles. The van der Waals surface area contributed by atoms with E-state index in [1.54, 1.807) is 25.2 Å². The summed E-state index contributed by atoms with van der Waals surface area (Å²) in [4.78, 5) is 14.6. The minimum atomic E-state index is -0.0318. The molecule has 1 rings (SSSR count). The maximum Gasteiger partial charge on any atom is 0.266 e. The molecule has 102 valence electrons. The summed E-state index contributed by atoms with van der Waals surface area (Å²) in [5, 5.41) is 1.83. The number of anilines is 1. The molecule has 0 aliphatic carbocycles. The highest BCUT2D eigenvalue weighted by Gasteiger charge is 2.18. The number of nitrogens with zero attached hydrogens (tertiary/aromatic N) is 1. The van der Waals surface area contributed by atoms with Gasteiger partial charge < -0.3 is 20.1 Å². The molecule has 1 aromatic heterocycles. The van der Waals surface area contributed by atoms with E-state index in [2.05, 4.69) is 0 Å². The Kier molecular flexibility index (Phi) is 6.70. The molecule has 1 heterocycles. The van der Waals surface area contributed by atoms with Crippen molar-refractivity contribution in [3.05, 3.63) is 16.3 Å². The van der Waals surface area contributed by atoms with Crippen molar-refractivity contribution in [2.24, 2.45) is 0 Å². The van der Waals surface area contributed by atoms with Gasteiger partial charge in [0.2, 0.25) is 0 Å². The van der Waals surface area contributed by atoms with E-state index in [0.29, 0.717) is 36.9 Å². The number of amides is 1. The number of carbonyl (C=O) groups excluding carboxylic acids is 1. The highest BCUT2D eigenvalue weighted by molar-refractivity contribution is 7.12. The molecule has 0 saturated heterocycles. The third-order valence-corrected chi connectivity index (χ3v) is 3.44. The summed E-state index contributed by atoms with van der Waals surface area (Å²) in [5.74, 6) is -0.0318. The SMILES string of the molecule is COCCCN(CCOC)C(=O)c1sccc1N. The summed E-state index contributed by atoms with van der Waals surface area (Å²) in [6.07, 6.45) is 0.803. The van der Waals surface area contributed by atoms with Gasteiger partial charge in [-0.15, -0.1) is 11.3 Å². The first-order valence-corrected chi connectivity index (χ1v) is 6.68. The fourth-order valence-electron chi connectivity index (χ4n) is 1.55. The molecule has 2 N–H and O–H groups in total. The summed E-state index contributed by atoms with van der Waals surface area (Å²) in [7, 11) is 3.27. The van der Waals surface area contributed by atoms with E-state index >= 15 is 0 Å². The van der Waals surface area contributed by atoms with Crippen LogP contribution in [0.15, 0.2) is 11.4 Å². The summed E-state index contributed by atoms with van der Waals surface area (Å²) in [6, 6.07) is 1.75. The lowest BCUT2D eigenvalue weighted by Crippen LogP contribution is -2.35. The fraction of sp³-hybridized carbons (Fsp3) is 0.583. The number of thiophene rings is 1. The topological polar surface area (TPSA) is 64.8 Å². The average molecular weight is 272 g/mol. The van der Waals surface area contributed by atoms with Gasteiger partial charge in [-0.05, 0) is 17.9 Å². The highest BCUT2D eigenvalue weighted by Crippen LogP contribution is 2.20. The molecular weight excluding hydrogens is 252 g/mol.